The van der Waals surface area contributed by atoms with E-state index in [0.717, 1.165) is 23.9 Å². The highest BCUT2D eigenvalue weighted by molar-refractivity contribution is 4.96. The lowest BCUT2D eigenvalue weighted by atomic mass is 9.92. The van der Waals surface area contributed by atoms with Crippen molar-refractivity contribution in [3.8, 4) is 0 Å². The second kappa shape index (κ2) is 2.98. The molecule has 1 nitrogen and oxygen atoms in total. The number of fused-ring (bicyclic) bond motifs is 2. The molecule has 0 N–H and O–H groups in total. The van der Waals surface area contributed by atoms with Gasteiger partial charge in [-0.25, -0.2) is 0 Å². The van der Waals surface area contributed by atoms with Crippen LogP contribution in [-0.4, -0.2) is 23.5 Å². The number of rotatable bonds is 2. The molecule has 2 atom stereocenters. The molecule has 0 aromatic heterocycles. The summed E-state index contributed by atoms with van der Waals surface area (Å²) in [6.07, 6.45) is 9.02. The highest BCUT2D eigenvalue weighted by Gasteiger charge is 2.41. The van der Waals surface area contributed by atoms with Gasteiger partial charge >= 0.3 is 0 Å². The van der Waals surface area contributed by atoms with Gasteiger partial charge in [-0.1, -0.05) is 6.92 Å². The number of piperidine rings is 1. The zero-order valence-corrected chi connectivity index (χ0v) is 8.71. The van der Waals surface area contributed by atoms with Crippen LogP contribution in [-0.2, 0) is 0 Å². The lowest BCUT2D eigenvalue weighted by molar-refractivity contribution is 0.105. The lowest BCUT2D eigenvalue weighted by Crippen LogP contribution is -2.43. The minimum absolute atomic E-state index is 0.981. The third-order valence-electron chi connectivity index (χ3n) is 4.29. The Morgan fingerprint density at radius 1 is 1.00 bits per heavy atom. The minimum atomic E-state index is 0.981. The van der Waals surface area contributed by atoms with Crippen molar-refractivity contribution in [3.63, 3.8) is 0 Å². The van der Waals surface area contributed by atoms with E-state index >= 15 is 0 Å². The molecule has 2 bridgehead atoms. The summed E-state index contributed by atoms with van der Waals surface area (Å²) < 4.78 is 0. The molecular weight excluding hydrogens is 158 g/mol. The van der Waals surface area contributed by atoms with Gasteiger partial charge in [0.15, 0.2) is 0 Å². The smallest absolute Gasteiger partial charge is 0.0101 e. The Bertz CT molecular complexity index is 183. The topological polar surface area (TPSA) is 3.24 Å². The van der Waals surface area contributed by atoms with Gasteiger partial charge in [0.1, 0.15) is 0 Å². The third-order valence-corrected chi connectivity index (χ3v) is 4.29. The SMILES string of the molecule is CC1CC2CCC(C1)N2CC1CC1. The van der Waals surface area contributed by atoms with E-state index in [0.29, 0.717) is 0 Å². The molecule has 3 fully saturated rings. The fraction of sp³-hybridized carbons (Fsp3) is 1.00. The second-order valence-corrected chi connectivity index (χ2v) is 5.60. The molecule has 3 rings (SSSR count). The van der Waals surface area contributed by atoms with E-state index in [2.05, 4.69) is 11.8 Å². The highest BCUT2D eigenvalue weighted by Crippen LogP contribution is 2.41. The number of hydrogen-bond acceptors (Lipinski definition) is 1. The Hall–Kier alpha value is -0.0400. The average molecular weight is 179 g/mol. The molecule has 2 aliphatic heterocycles. The Balaban J connectivity index is 1.67. The van der Waals surface area contributed by atoms with Crippen molar-refractivity contribution < 1.29 is 0 Å². The van der Waals surface area contributed by atoms with Crippen LogP contribution < -0.4 is 0 Å². The monoisotopic (exact) mass is 179 g/mol. The first-order valence-electron chi connectivity index (χ1n) is 6.08. The summed E-state index contributed by atoms with van der Waals surface area (Å²) in [5, 5.41) is 0. The maximum Gasteiger partial charge on any atom is 0.0101 e. The molecule has 1 aliphatic carbocycles. The van der Waals surface area contributed by atoms with Crippen molar-refractivity contribution in [2.24, 2.45) is 11.8 Å². The maximum atomic E-state index is 2.86. The molecule has 0 aromatic rings. The van der Waals surface area contributed by atoms with Gasteiger partial charge in [-0.2, -0.15) is 0 Å². The largest absolute Gasteiger partial charge is 0.297 e. The van der Waals surface area contributed by atoms with E-state index in [4.69, 9.17) is 0 Å². The van der Waals surface area contributed by atoms with Crippen molar-refractivity contribution in [2.45, 2.75) is 57.5 Å². The fourth-order valence-electron chi connectivity index (χ4n) is 3.44. The second-order valence-electron chi connectivity index (χ2n) is 5.60. The van der Waals surface area contributed by atoms with E-state index < -0.39 is 0 Å². The molecule has 13 heavy (non-hydrogen) atoms. The first kappa shape index (κ1) is 8.28. The maximum absolute atomic E-state index is 2.86. The fourth-order valence-corrected chi connectivity index (χ4v) is 3.44. The number of nitrogens with zero attached hydrogens (tertiary/aromatic N) is 1. The third kappa shape index (κ3) is 1.52. The van der Waals surface area contributed by atoms with Crippen LogP contribution >= 0.6 is 0 Å². The first-order chi connectivity index (χ1) is 6.33. The quantitative estimate of drug-likeness (QED) is 0.630. The van der Waals surface area contributed by atoms with Gasteiger partial charge in [-0.3, -0.25) is 4.90 Å². The molecule has 3 aliphatic rings. The van der Waals surface area contributed by atoms with Crippen LogP contribution in [0.3, 0.4) is 0 Å². The molecule has 2 heterocycles. The summed E-state index contributed by atoms with van der Waals surface area (Å²) in [5.74, 6) is 2.10. The van der Waals surface area contributed by atoms with Crippen molar-refractivity contribution >= 4 is 0 Å². The van der Waals surface area contributed by atoms with Crippen LogP contribution in [0.15, 0.2) is 0 Å². The van der Waals surface area contributed by atoms with Crippen LogP contribution in [0.25, 0.3) is 0 Å². The molecule has 0 amide bonds. The Morgan fingerprint density at radius 3 is 2.15 bits per heavy atom. The highest BCUT2D eigenvalue weighted by atomic mass is 15.2. The van der Waals surface area contributed by atoms with Gasteiger partial charge in [0.25, 0.3) is 0 Å². The molecule has 1 saturated carbocycles. The molecular formula is C12H21N. The van der Waals surface area contributed by atoms with Crippen molar-refractivity contribution in [2.75, 3.05) is 6.54 Å². The predicted molar refractivity (Wildman–Crippen MR) is 54.6 cm³/mol. The van der Waals surface area contributed by atoms with Crippen LogP contribution in [0.5, 0.6) is 0 Å². The van der Waals surface area contributed by atoms with E-state index in [1.54, 1.807) is 0 Å². The zero-order valence-electron chi connectivity index (χ0n) is 8.71. The average Bonchev–Trinajstić information content (AvgIpc) is 2.83. The predicted octanol–water partition coefficient (Wildman–Crippen LogP) is 2.66. The summed E-state index contributed by atoms with van der Waals surface area (Å²) in [7, 11) is 0. The van der Waals surface area contributed by atoms with Crippen molar-refractivity contribution in [1.29, 1.82) is 0 Å². The summed E-state index contributed by atoms with van der Waals surface area (Å²) in [5.41, 5.74) is 0. The standard InChI is InChI=1S/C12H21N/c1-9-6-11-4-5-12(7-9)13(11)8-10-2-3-10/h9-12H,2-8H2,1H3. The molecule has 1 heteroatoms. The molecule has 2 saturated heterocycles. The first-order valence-corrected chi connectivity index (χ1v) is 6.08. The van der Waals surface area contributed by atoms with Crippen LogP contribution in [0.2, 0.25) is 0 Å². The summed E-state index contributed by atoms with van der Waals surface area (Å²) >= 11 is 0. The summed E-state index contributed by atoms with van der Waals surface area (Å²) in [6.45, 7) is 3.89. The molecule has 0 radical (unpaired) electrons. The van der Waals surface area contributed by atoms with Crippen LogP contribution in [0.4, 0.5) is 0 Å². The molecule has 74 valence electrons. The van der Waals surface area contributed by atoms with Gasteiger partial charge in [0.05, 0.1) is 0 Å². The van der Waals surface area contributed by atoms with E-state index in [1.807, 2.05) is 0 Å². The molecule has 0 spiro atoms. The van der Waals surface area contributed by atoms with E-state index in [9.17, 15) is 0 Å². The van der Waals surface area contributed by atoms with Gasteiger partial charge in [-0.15, -0.1) is 0 Å². The van der Waals surface area contributed by atoms with Crippen molar-refractivity contribution in [3.05, 3.63) is 0 Å². The van der Waals surface area contributed by atoms with Gasteiger partial charge in [0.2, 0.25) is 0 Å². The van der Waals surface area contributed by atoms with Gasteiger partial charge in [-0.05, 0) is 50.4 Å². The Morgan fingerprint density at radius 2 is 1.62 bits per heavy atom. The van der Waals surface area contributed by atoms with Gasteiger partial charge < -0.3 is 0 Å². The minimum Gasteiger partial charge on any atom is -0.297 e. The summed E-state index contributed by atoms with van der Waals surface area (Å²) in [4.78, 5) is 2.86. The Labute approximate surface area is 81.5 Å². The number of hydrogen-bond donors (Lipinski definition) is 0. The van der Waals surface area contributed by atoms with Crippen molar-refractivity contribution in [1.82, 2.24) is 4.90 Å². The lowest BCUT2D eigenvalue weighted by Gasteiger charge is -2.37. The van der Waals surface area contributed by atoms with E-state index in [-0.39, 0.29) is 0 Å². The van der Waals surface area contributed by atoms with E-state index in [1.165, 1.54) is 45.1 Å². The molecule has 0 aromatic carbocycles. The normalized spacial score (nSPS) is 45.5. The van der Waals surface area contributed by atoms with Gasteiger partial charge in [0, 0.05) is 18.6 Å². The van der Waals surface area contributed by atoms with Crippen LogP contribution in [0, 0.1) is 11.8 Å². The molecule has 2 unspecified atom stereocenters. The van der Waals surface area contributed by atoms with Crippen LogP contribution in [0.1, 0.15) is 45.4 Å². The summed E-state index contributed by atoms with van der Waals surface area (Å²) in [6, 6.07) is 1.96. The Kier molecular flexibility index (Phi) is 1.90. The zero-order chi connectivity index (χ0) is 8.84.